The quantitative estimate of drug-likeness (QED) is 0.534. The molecule has 0 atom stereocenters. The van der Waals surface area contributed by atoms with Gasteiger partial charge in [-0.15, -0.1) is 0 Å². The van der Waals surface area contributed by atoms with Crippen molar-refractivity contribution in [2.24, 2.45) is 5.92 Å². The van der Waals surface area contributed by atoms with Crippen LogP contribution in [0.1, 0.15) is 32.1 Å². The molecule has 0 aromatic heterocycles. The fraction of sp³-hybridized carbons (Fsp3) is 0.667. The molecule has 10 heavy (non-hydrogen) atoms. The van der Waals surface area contributed by atoms with E-state index in [-0.39, 0.29) is 0 Å². The summed E-state index contributed by atoms with van der Waals surface area (Å²) in [5.74, 6) is 0.786. The monoisotopic (exact) mass is 135 g/mol. The van der Waals surface area contributed by atoms with Crippen LogP contribution >= 0.6 is 0 Å². The molecule has 0 N–H and O–H groups in total. The summed E-state index contributed by atoms with van der Waals surface area (Å²) in [5, 5.41) is 8.24. The first kappa shape index (κ1) is 7.34. The zero-order valence-corrected chi connectivity index (χ0v) is 6.21. The van der Waals surface area contributed by atoms with Crippen LogP contribution < -0.4 is 0 Å². The molecule has 0 saturated heterocycles. The Morgan fingerprint density at radius 1 is 1.40 bits per heavy atom. The second-order valence-electron chi connectivity index (χ2n) is 2.83. The van der Waals surface area contributed by atoms with E-state index in [4.69, 9.17) is 5.26 Å². The Hall–Kier alpha value is -0.770. The normalized spacial score (nSPS) is 19.9. The first-order valence-corrected chi connectivity index (χ1v) is 3.97. The molecule has 54 valence electrons. The maximum absolute atomic E-state index is 8.24. The lowest BCUT2D eigenvalue weighted by atomic mass is 10.1. The molecule has 1 nitrogen and oxygen atoms in total. The first-order valence-electron chi connectivity index (χ1n) is 3.97. The maximum Gasteiger partial charge on any atom is 0.0663 e. The zero-order valence-electron chi connectivity index (χ0n) is 6.21. The van der Waals surface area contributed by atoms with E-state index in [1.165, 1.54) is 25.7 Å². The predicted octanol–water partition coefficient (Wildman–Crippen LogP) is 2.65. The van der Waals surface area contributed by atoms with Gasteiger partial charge in [-0.25, -0.2) is 0 Å². The molecule has 0 bridgehead atoms. The third-order valence-corrected chi connectivity index (χ3v) is 2.02. The highest BCUT2D eigenvalue weighted by Gasteiger charge is 2.10. The minimum absolute atomic E-state index is 0.580. The lowest BCUT2D eigenvalue weighted by Gasteiger charge is -1.97. The van der Waals surface area contributed by atoms with Crippen molar-refractivity contribution >= 4 is 0 Å². The van der Waals surface area contributed by atoms with Crippen molar-refractivity contribution in [1.82, 2.24) is 0 Å². The summed E-state index contributed by atoms with van der Waals surface area (Å²) in [5.41, 5.74) is 0. The maximum atomic E-state index is 8.24. The third-order valence-electron chi connectivity index (χ3n) is 2.02. The van der Waals surface area contributed by atoms with Crippen molar-refractivity contribution in [3.05, 3.63) is 12.2 Å². The van der Waals surface area contributed by atoms with Crippen LogP contribution in [0.15, 0.2) is 12.2 Å². The largest absolute Gasteiger partial charge is 0.198 e. The average molecular weight is 135 g/mol. The number of hydrogen-bond donors (Lipinski definition) is 0. The Labute approximate surface area is 62.4 Å². The van der Waals surface area contributed by atoms with Crippen molar-refractivity contribution in [3.8, 4) is 6.07 Å². The van der Waals surface area contributed by atoms with Gasteiger partial charge in [0.05, 0.1) is 12.5 Å². The van der Waals surface area contributed by atoms with Crippen molar-refractivity contribution in [2.75, 3.05) is 0 Å². The molecular formula is C9H13N. The van der Waals surface area contributed by atoms with Gasteiger partial charge in [0.25, 0.3) is 0 Å². The molecule has 1 heteroatoms. The molecule has 1 fully saturated rings. The number of nitriles is 1. The van der Waals surface area contributed by atoms with Gasteiger partial charge in [-0.3, -0.25) is 0 Å². The van der Waals surface area contributed by atoms with Crippen LogP contribution in [0.2, 0.25) is 0 Å². The molecular weight excluding hydrogens is 122 g/mol. The van der Waals surface area contributed by atoms with Crippen LogP contribution in [-0.2, 0) is 0 Å². The molecule has 1 rings (SSSR count). The number of allylic oxidation sites excluding steroid dienone is 2. The van der Waals surface area contributed by atoms with E-state index in [2.05, 4.69) is 12.1 Å². The van der Waals surface area contributed by atoms with Gasteiger partial charge in [0, 0.05) is 0 Å². The summed E-state index contributed by atoms with van der Waals surface area (Å²) in [6, 6.07) is 2.10. The van der Waals surface area contributed by atoms with Crippen molar-refractivity contribution in [3.63, 3.8) is 0 Å². The van der Waals surface area contributed by atoms with Gasteiger partial charge >= 0.3 is 0 Å². The summed E-state index contributed by atoms with van der Waals surface area (Å²) in [6.45, 7) is 0. The second-order valence-corrected chi connectivity index (χ2v) is 2.83. The van der Waals surface area contributed by atoms with Gasteiger partial charge in [0.1, 0.15) is 0 Å². The summed E-state index contributed by atoms with van der Waals surface area (Å²) in [6.07, 6.45) is 10.2. The van der Waals surface area contributed by atoms with E-state index in [1.807, 2.05) is 6.08 Å². The molecule has 0 radical (unpaired) electrons. The van der Waals surface area contributed by atoms with E-state index >= 15 is 0 Å². The van der Waals surface area contributed by atoms with Crippen LogP contribution in [0.4, 0.5) is 0 Å². The van der Waals surface area contributed by atoms with E-state index in [1.54, 1.807) is 0 Å². The molecule has 0 unspecified atom stereocenters. The minimum Gasteiger partial charge on any atom is -0.198 e. The van der Waals surface area contributed by atoms with E-state index in [0.717, 1.165) is 5.92 Å². The Bertz CT molecular complexity index is 147. The van der Waals surface area contributed by atoms with E-state index in [0.29, 0.717) is 6.42 Å². The second kappa shape index (κ2) is 4.11. The summed E-state index contributed by atoms with van der Waals surface area (Å²) < 4.78 is 0. The van der Waals surface area contributed by atoms with Crippen LogP contribution in [0.25, 0.3) is 0 Å². The minimum atomic E-state index is 0.580. The third kappa shape index (κ3) is 2.23. The number of rotatable bonds is 2. The molecule has 0 heterocycles. The Kier molecular flexibility index (Phi) is 3.02. The fourth-order valence-electron chi connectivity index (χ4n) is 1.46. The van der Waals surface area contributed by atoms with Crippen molar-refractivity contribution in [2.45, 2.75) is 32.1 Å². The van der Waals surface area contributed by atoms with Crippen LogP contribution in [0, 0.1) is 17.2 Å². The van der Waals surface area contributed by atoms with Gasteiger partial charge < -0.3 is 0 Å². The molecule has 1 saturated carbocycles. The molecule has 0 aromatic carbocycles. The van der Waals surface area contributed by atoms with Gasteiger partial charge in [0.2, 0.25) is 0 Å². The Morgan fingerprint density at radius 2 is 2.10 bits per heavy atom. The summed E-state index contributed by atoms with van der Waals surface area (Å²) >= 11 is 0. The van der Waals surface area contributed by atoms with Gasteiger partial charge in [0.15, 0.2) is 0 Å². The average Bonchev–Trinajstić information content (AvgIpc) is 2.41. The Morgan fingerprint density at radius 3 is 2.70 bits per heavy atom. The molecule has 1 aliphatic carbocycles. The highest BCUT2D eigenvalue weighted by Crippen LogP contribution is 2.25. The highest BCUT2D eigenvalue weighted by atomic mass is 14.2. The summed E-state index contributed by atoms with van der Waals surface area (Å²) in [7, 11) is 0. The molecule has 1 aliphatic rings. The standard InChI is InChI=1S/C9H13N/c10-8-4-3-7-9-5-1-2-6-9/h3,7,9H,1-2,4-6H2/b7-3+. The zero-order chi connectivity index (χ0) is 7.23. The number of nitrogens with zero attached hydrogens (tertiary/aromatic N) is 1. The van der Waals surface area contributed by atoms with Gasteiger partial charge in [-0.1, -0.05) is 25.0 Å². The lowest BCUT2D eigenvalue weighted by Crippen LogP contribution is -1.84. The van der Waals surface area contributed by atoms with E-state index in [9.17, 15) is 0 Å². The fourth-order valence-corrected chi connectivity index (χ4v) is 1.46. The predicted molar refractivity (Wildman–Crippen MR) is 41.3 cm³/mol. The molecule has 0 aromatic rings. The summed E-state index contributed by atoms with van der Waals surface area (Å²) in [4.78, 5) is 0. The molecule has 0 aliphatic heterocycles. The highest BCUT2D eigenvalue weighted by molar-refractivity contribution is 4.95. The van der Waals surface area contributed by atoms with Crippen LogP contribution in [-0.4, -0.2) is 0 Å². The molecule has 0 amide bonds. The van der Waals surface area contributed by atoms with Crippen LogP contribution in [0.5, 0.6) is 0 Å². The smallest absolute Gasteiger partial charge is 0.0663 e. The van der Waals surface area contributed by atoms with Gasteiger partial charge in [-0.05, 0) is 18.8 Å². The van der Waals surface area contributed by atoms with Gasteiger partial charge in [-0.2, -0.15) is 5.26 Å². The first-order chi connectivity index (χ1) is 4.93. The lowest BCUT2D eigenvalue weighted by molar-refractivity contribution is 0.684. The SMILES string of the molecule is N#CC/C=C/C1CCCC1. The van der Waals surface area contributed by atoms with E-state index < -0.39 is 0 Å². The van der Waals surface area contributed by atoms with Crippen LogP contribution in [0.3, 0.4) is 0 Å². The van der Waals surface area contributed by atoms with Crippen molar-refractivity contribution < 1.29 is 0 Å². The van der Waals surface area contributed by atoms with Crippen molar-refractivity contribution in [1.29, 1.82) is 5.26 Å². The topological polar surface area (TPSA) is 23.8 Å². The molecule has 0 spiro atoms. The Balaban J connectivity index is 2.18. The number of hydrogen-bond acceptors (Lipinski definition) is 1.